The van der Waals surface area contributed by atoms with Gasteiger partial charge >= 0.3 is 6.03 Å². The van der Waals surface area contributed by atoms with Crippen LogP contribution in [-0.4, -0.2) is 66.7 Å². The molecule has 3 heterocycles. The lowest BCUT2D eigenvalue weighted by atomic mass is 9.88. The minimum atomic E-state index is -0.566. The molecule has 3 saturated heterocycles. The van der Waals surface area contributed by atoms with E-state index in [9.17, 15) is 18.4 Å². The van der Waals surface area contributed by atoms with E-state index in [1.165, 1.54) is 12.1 Å². The highest BCUT2D eigenvalue weighted by atomic mass is 19.1. The Labute approximate surface area is 156 Å². The molecule has 0 aromatic heterocycles. The Morgan fingerprint density at radius 1 is 1.22 bits per heavy atom. The van der Waals surface area contributed by atoms with Gasteiger partial charge in [0, 0.05) is 32.2 Å². The monoisotopic (exact) mass is 379 g/mol. The Hall–Kier alpha value is -2.22. The van der Waals surface area contributed by atoms with Crippen LogP contribution in [0.3, 0.4) is 0 Å². The van der Waals surface area contributed by atoms with Gasteiger partial charge < -0.3 is 19.9 Å². The van der Waals surface area contributed by atoms with Gasteiger partial charge in [0.1, 0.15) is 18.2 Å². The highest BCUT2D eigenvalue weighted by Crippen LogP contribution is 2.28. The number of amides is 3. The number of urea groups is 1. The van der Waals surface area contributed by atoms with Crippen LogP contribution in [0.15, 0.2) is 18.2 Å². The molecule has 146 valence electrons. The lowest BCUT2D eigenvalue weighted by Crippen LogP contribution is -2.76. The maximum Gasteiger partial charge on any atom is 0.320 e. The molecule has 0 saturated carbocycles. The number of carbonyl (C=O) groups excluding carboxylic acids is 2. The van der Waals surface area contributed by atoms with Crippen LogP contribution in [-0.2, 0) is 16.0 Å². The summed E-state index contributed by atoms with van der Waals surface area (Å²) < 4.78 is 32.1. The summed E-state index contributed by atoms with van der Waals surface area (Å²) in [4.78, 5) is 27.7. The average Bonchev–Trinajstić information content (AvgIpc) is 2.62. The molecule has 0 atom stereocenters. The number of carbonyl (C=O) groups is 2. The summed E-state index contributed by atoms with van der Waals surface area (Å²) in [5.41, 5.74) is 0.0996. The van der Waals surface area contributed by atoms with Crippen molar-refractivity contribution in [2.45, 2.75) is 24.8 Å². The van der Waals surface area contributed by atoms with Crippen LogP contribution in [0.1, 0.15) is 18.4 Å². The van der Waals surface area contributed by atoms with E-state index in [-0.39, 0.29) is 24.5 Å². The molecule has 3 amide bonds. The van der Waals surface area contributed by atoms with Crippen molar-refractivity contribution in [3.63, 3.8) is 0 Å². The molecule has 3 fully saturated rings. The molecule has 4 rings (SSSR count). The number of ether oxygens (including phenoxy) is 1. The predicted molar refractivity (Wildman–Crippen MR) is 93.0 cm³/mol. The second-order valence-corrected chi connectivity index (χ2v) is 7.83. The molecule has 6 nitrogen and oxygen atoms in total. The summed E-state index contributed by atoms with van der Waals surface area (Å²) in [5.74, 6) is -0.926. The predicted octanol–water partition coefficient (Wildman–Crippen LogP) is 1.54. The Morgan fingerprint density at radius 2 is 1.96 bits per heavy atom. The molecule has 27 heavy (non-hydrogen) atoms. The number of hydrogen-bond donors (Lipinski definition) is 1. The van der Waals surface area contributed by atoms with Crippen molar-refractivity contribution in [3.8, 4) is 0 Å². The van der Waals surface area contributed by atoms with Crippen molar-refractivity contribution < 1.29 is 23.1 Å². The van der Waals surface area contributed by atoms with Crippen LogP contribution in [0.4, 0.5) is 13.6 Å². The third kappa shape index (κ3) is 3.76. The van der Waals surface area contributed by atoms with Crippen molar-refractivity contribution in [2.75, 3.05) is 39.4 Å². The van der Waals surface area contributed by atoms with Gasteiger partial charge in [-0.15, -0.1) is 0 Å². The van der Waals surface area contributed by atoms with E-state index in [1.54, 1.807) is 4.90 Å². The quantitative estimate of drug-likeness (QED) is 0.848. The van der Waals surface area contributed by atoms with Crippen LogP contribution in [0, 0.1) is 17.6 Å². The van der Waals surface area contributed by atoms with Crippen LogP contribution in [0.2, 0.25) is 0 Å². The third-order valence-corrected chi connectivity index (χ3v) is 5.68. The number of benzene rings is 1. The lowest BCUT2D eigenvalue weighted by Gasteiger charge is -2.52. The van der Waals surface area contributed by atoms with Gasteiger partial charge in [0.05, 0.1) is 12.1 Å². The van der Waals surface area contributed by atoms with Gasteiger partial charge in [-0.3, -0.25) is 4.79 Å². The van der Waals surface area contributed by atoms with Crippen LogP contribution in [0.5, 0.6) is 0 Å². The first kappa shape index (κ1) is 18.2. The normalized spacial score (nSPS) is 22.5. The molecule has 1 aromatic rings. The van der Waals surface area contributed by atoms with E-state index in [2.05, 4.69) is 5.32 Å². The standard InChI is InChI=1S/C19H23F2N3O3/c20-15-2-1-14(16(21)8-15)7-13-3-5-23(6-4-13)18(26)24-10-19(11-24)12-27-9-17(25)22-19/h1-2,8,13H,3-7,9-12H2,(H,22,25). The first-order valence-corrected chi connectivity index (χ1v) is 9.31. The van der Waals surface area contributed by atoms with Gasteiger partial charge in [-0.25, -0.2) is 13.6 Å². The number of rotatable bonds is 2. The van der Waals surface area contributed by atoms with Gasteiger partial charge in [-0.2, -0.15) is 0 Å². The van der Waals surface area contributed by atoms with Crippen molar-refractivity contribution >= 4 is 11.9 Å². The molecule has 0 aliphatic carbocycles. The lowest BCUT2D eigenvalue weighted by molar-refractivity contribution is -0.141. The summed E-state index contributed by atoms with van der Waals surface area (Å²) >= 11 is 0. The zero-order valence-electron chi connectivity index (χ0n) is 15.0. The molecule has 3 aliphatic rings. The molecular weight excluding hydrogens is 356 g/mol. The molecule has 8 heteroatoms. The average molecular weight is 379 g/mol. The second-order valence-electron chi connectivity index (χ2n) is 7.83. The Bertz CT molecular complexity index is 744. The molecule has 1 aromatic carbocycles. The number of hydrogen-bond acceptors (Lipinski definition) is 3. The second kappa shape index (κ2) is 7.07. The van der Waals surface area contributed by atoms with Crippen LogP contribution < -0.4 is 5.32 Å². The van der Waals surface area contributed by atoms with Gasteiger partial charge in [0.25, 0.3) is 0 Å². The molecule has 0 bridgehead atoms. The first-order valence-electron chi connectivity index (χ1n) is 9.31. The van der Waals surface area contributed by atoms with Gasteiger partial charge in [-0.05, 0) is 36.8 Å². The molecule has 1 spiro atoms. The van der Waals surface area contributed by atoms with Crippen molar-refractivity contribution in [1.29, 1.82) is 0 Å². The topological polar surface area (TPSA) is 61.9 Å². The SMILES string of the molecule is O=C1COCC2(CN(C(=O)N3CCC(Cc4ccc(F)cc4F)CC3)C2)N1. The summed E-state index contributed by atoms with van der Waals surface area (Å²) in [5, 5.41) is 2.92. The first-order chi connectivity index (χ1) is 12.9. The van der Waals surface area contributed by atoms with E-state index in [0.717, 1.165) is 18.9 Å². The van der Waals surface area contributed by atoms with Crippen molar-refractivity contribution in [1.82, 2.24) is 15.1 Å². The highest BCUT2D eigenvalue weighted by Gasteiger charge is 2.49. The fourth-order valence-corrected chi connectivity index (χ4v) is 4.22. The molecule has 1 N–H and O–H groups in total. The fraction of sp³-hybridized carbons (Fsp3) is 0.579. The number of morpholine rings is 1. The van der Waals surface area contributed by atoms with E-state index in [0.29, 0.717) is 44.8 Å². The van der Waals surface area contributed by atoms with Crippen LogP contribution in [0.25, 0.3) is 0 Å². The highest BCUT2D eigenvalue weighted by molar-refractivity contribution is 5.81. The van der Waals surface area contributed by atoms with Gasteiger partial charge in [-0.1, -0.05) is 6.07 Å². The fourth-order valence-electron chi connectivity index (χ4n) is 4.22. The number of piperidine rings is 1. The largest absolute Gasteiger partial charge is 0.369 e. The number of halogens is 2. The number of nitrogens with one attached hydrogen (secondary N) is 1. The van der Waals surface area contributed by atoms with Crippen LogP contribution >= 0.6 is 0 Å². The number of nitrogens with zero attached hydrogens (tertiary/aromatic N) is 2. The van der Waals surface area contributed by atoms with E-state index < -0.39 is 17.2 Å². The number of likely N-dealkylation sites (tertiary alicyclic amines) is 2. The molecule has 0 unspecified atom stereocenters. The maximum absolute atomic E-state index is 13.8. The molecule has 3 aliphatic heterocycles. The minimum absolute atomic E-state index is 0.0214. The Morgan fingerprint density at radius 3 is 2.63 bits per heavy atom. The van der Waals surface area contributed by atoms with Crippen molar-refractivity contribution in [3.05, 3.63) is 35.4 Å². The van der Waals surface area contributed by atoms with Crippen molar-refractivity contribution in [2.24, 2.45) is 5.92 Å². The zero-order valence-corrected chi connectivity index (χ0v) is 15.0. The van der Waals surface area contributed by atoms with E-state index >= 15 is 0 Å². The zero-order chi connectivity index (χ0) is 19.0. The molecular formula is C19H23F2N3O3. The summed E-state index contributed by atoms with van der Waals surface area (Å²) in [6.45, 7) is 2.71. The van der Waals surface area contributed by atoms with Gasteiger partial charge in [0.2, 0.25) is 5.91 Å². The summed E-state index contributed by atoms with van der Waals surface area (Å²) in [7, 11) is 0. The third-order valence-electron chi connectivity index (χ3n) is 5.68. The Balaban J connectivity index is 1.26. The van der Waals surface area contributed by atoms with E-state index in [4.69, 9.17) is 4.74 Å². The smallest absolute Gasteiger partial charge is 0.320 e. The summed E-state index contributed by atoms with van der Waals surface area (Å²) in [6, 6.07) is 3.68. The van der Waals surface area contributed by atoms with E-state index in [1.807, 2.05) is 4.90 Å². The minimum Gasteiger partial charge on any atom is -0.369 e. The molecule has 0 radical (unpaired) electrons. The summed E-state index contributed by atoms with van der Waals surface area (Å²) in [6.07, 6.45) is 2.15. The maximum atomic E-state index is 13.8. The Kier molecular flexibility index (Phi) is 4.75. The van der Waals surface area contributed by atoms with Gasteiger partial charge in [0.15, 0.2) is 0 Å².